The maximum atomic E-state index is 10.8. The molecule has 1 aromatic carbocycles. The van der Waals surface area contributed by atoms with Gasteiger partial charge in [0.25, 0.3) is 0 Å². The Morgan fingerprint density at radius 3 is 2.62 bits per heavy atom. The Hall–Kier alpha value is -1.59. The summed E-state index contributed by atoms with van der Waals surface area (Å²) >= 11 is -1.87. The van der Waals surface area contributed by atoms with Gasteiger partial charge in [0, 0.05) is 23.8 Å². The summed E-state index contributed by atoms with van der Waals surface area (Å²) in [6.45, 7) is 0. The summed E-state index contributed by atoms with van der Waals surface area (Å²) in [6.07, 6.45) is 3.82. The van der Waals surface area contributed by atoms with E-state index in [-0.39, 0.29) is 5.75 Å². The zero-order valence-electron chi connectivity index (χ0n) is 8.54. The van der Waals surface area contributed by atoms with Gasteiger partial charge < -0.3 is 14.9 Å². The fourth-order valence-electron chi connectivity index (χ4n) is 1.52. The number of nitrogens with two attached hydrogens (primary N) is 1. The van der Waals surface area contributed by atoms with Crippen LogP contribution in [-0.2, 0) is 16.8 Å². The highest BCUT2D eigenvalue weighted by Gasteiger charge is 2.05. The highest BCUT2D eigenvalue weighted by atomic mass is 32.2. The van der Waals surface area contributed by atoms with Crippen molar-refractivity contribution in [3.63, 3.8) is 0 Å². The molecule has 0 aliphatic rings. The lowest BCUT2D eigenvalue weighted by Gasteiger charge is -2.08. The zero-order valence-corrected chi connectivity index (χ0v) is 9.35. The summed E-state index contributed by atoms with van der Waals surface area (Å²) in [5, 5.41) is 0. The minimum atomic E-state index is -1.87. The molecule has 1 atom stereocenters. The van der Waals surface area contributed by atoms with Crippen LogP contribution in [0.2, 0.25) is 0 Å². The molecule has 0 radical (unpaired) electrons. The summed E-state index contributed by atoms with van der Waals surface area (Å²) < 4.78 is 21.5. The summed E-state index contributed by atoms with van der Waals surface area (Å²) in [5.74, 6) is 0.0565. The molecule has 0 saturated heterocycles. The first-order valence-corrected chi connectivity index (χ1v) is 6.03. The van der Waals surface area contributed by atoms with Crippen LogP contribution in [0.5, 0.6) is 0 Å². The topological polar surface area (TPSA) is 68.2 Å². The van der Waals surface area contributed by atoms with Crippen LogP contribution in [0.25, 0.3) is 5.69 Å². The summed E-state index contributed by atoms with van der Waals surface area (Å²) in [4.78, 5) is 0. The average Bonchev–Trinajstić information content (AvgIpc) is 2.73. The minimum Gasteiger partial charge on any atom is -0.398 e. The van der Waals surface area contributed by atoms with Crippen LogP contribution in [0.3, 0.4) is 0 Å². The van der Waals surface area contributed by atoms with Crippen LogP contribution in [0.4, 0.5) is 5.69 Å². The van der Waals surface area contributed by atoms with Gasteiger partial charge in [-0.3, -0.25) is 0 Å². The molecule has 2 rings (SSSR count). The van der Waals surface area contributed by atoms with E-state index in [0.29, 0.717) is 11.3 Å². The molecule has 0 spiro atoms. The quantitative estimate of drug-likeness (QED) is 0.630. The van der Waals surface area contributed by atoms with Gasteiger partial charge in [0.2, 0.25) is 0 Å². The molecule has 0 amide bonds. The second-order valence-corrected chi connectivity index (χ2v) is 4.37. The van der Waals surface area contributed by atoms with Gasteiger partial charge in [0.15, 0.2) is 11.1 Å². The summed E-state index contributed by atoms with van der Waals surface area (Å²) in [6, 6.07) is 9.28. The van der Waals surface area contributed by atoms with E-state index in [1.807, 2.05) is 41.2 Å². The first kappa shape index (κ1) is 10.9. The number of hydrogen-bond acceptors (Lipinski definition) is 2. The molecule has 3 N–H and O–H groups in total. The predicted octanol–water partition coefficient (Wildman–Crippen LogP) is 1.78. The third-order valence-electron chi connectivity index (χ3n) is 2.31. The van der Waals surface area contributed by atoms with Gasteiger partial charge in [-0.2, -0.15) is 0 Å². The molecular formula is C11H12N2O2S. The van der Waals surface area contributed by atoms with Crippen LogP contribution >= 0.6 is 0 Å². The Kier molecular flexibility index (Phi) is 3.07. The van der Waals surface area contributed by atoms with Gasteiger partial charge in [0.1, 0.15) is 0 Å². The lowest BCUT2D eigenvalue weighted by molar-refractivity contribution is 0.563. The molecule has 0 aliphatic carbocycles. The summed E-state index contributed by atoms with van der Waals surface area (Å²) in [5.41, 5.74) is 7.89. The van der Waals surface area contributed by atoms with E-state index in [9.17, 15) is 4.21 Å². The first-order chi connectivity index (χ1) is 7.66. The van der Waals surface area contributed by atoms with E-state index in [2.05, 4.69) is 0 Å². The van der Waals surface area contributed by atoms with E-state index >= 15 is 0 Å². The number of aromatic nitrogens is 1. The molecule has 0 bridgehead atoms. The van der Waals surface area contributed by atoms with Gasteiger partial charge in [-0.15, -0.1) is 0 Å². The standard InChI is InChI=1S/C11H12N2O2S/c12-11-4-3-10(13-5-1-2-6-13)7-9(11)8-16(14)15/h1-7H,8,12H2,(H,14,15). The largest absolute Gasteiger partial charge is 0.398 e. The molecule has 0 aliphatic heterocycles. The van der Waals surface area contributed by atoms with Crippen LogP contribution in [0.1, 0.15) is 5.56 Å². The van der Waals surface area contributed by atoms with Crippen molar-refractivity contribution >= 4 is 16.8 Å². The van der Waals surface area contributed by atoms with Crippen LogP contribution < -0.4 is 5.73 Å². The Labute approximate surface area is 96.0 Å². The maximum Gasteiger partial charge on any atom is 0.157 e. The molecule has 1 heterocycles. The van der Waals surface area contributed by atoms with Crippen molar-refractivity contribution in [2.24, 2.45) is 0 Å². The number of benzene rings is 1. The fourth-order valence-corrected chi connectivity index (χ4v) is 2.03. The van der Waals surface area contributed by atoms with Crippen molar-refractivity contribution in [1.82, 2.24) is 4.57 Å². The number of rotatable bonds is 3. The third-order valence-corrected chi connectivity index (χ3v) is 2.87. The lowest BCUT2D eigenvalue weighted by atomic mass is 10.2. The number of anilines is 1. The van der Waals surface area contributed by atoms with Gasteiger partial charge in [-0.25, -0.2) is 4.21 Å². The van der Waals surface area contributed by atoms with Gasteiger partial charge in [-0.05, 0) is 35.9 Å². The van der Waals surface area contributed by atoms with Crippen molar-refractivity contribution in [3.8, 4) is 5.69 Å². The lowest BCUT2D eigenvalue weighted by Crippen LogP contribution is -2.01. The van der Waals surface area contributed by atoms with Crippen molar-refractivity contribution in [1.29, 1.82) is 0 Å². The Balaban J connectivity index is 2.39. The van der Waals surface area contributed by atoms with Crippen molar-refractivity contribution < 1.29 is 8.76 Å². The molecule has 5 heteroatoms. The molecule has 0 saturated carbocycles. The smallest absolute Gasteiger partial charge is 0.157 e. The Morgan fingerprint density at radius 1 is 1.31 bits per heavy atom. The molecule has 4 nitrogen and oxygen atoms in total. The zero-order chi connectivity index (χ0) is 11.5. The second kappa shape index (κ2) is 4.51. The van der Waals surface area contributed by atoms with Crippen molar-refractivity contribution in [2.45, 2.75) is 5.75 Å². The third kappa shape index (κ3) is 2.32. The SMILES string of the molecule is Nc1ccc(-n2cccc2)cc1CS(=O)O. The predicted molar refractivity (Wildman–Crippen MR) is 64.7 cm³/mol. The van der Waals surface area contributed by atoms with E-state index in [4.69, 9.17) is 10.3 Å². The number of nitrogens with zero attached hydrogens (tertiary/aromatic N) is 1. The van der Waals surface area contributed by atoms with Crippen molar-refractivity contribution in [3.05, 3.63) is 48.3 Å². The average molecular weight is 236 g/mol. The Bertz CT molecular complexity index is 509. The molecule has 2 aromatic rings. The van der Waals surface area contributed by atoms with E-state index in [1.54, 1.807) is 6.07 Å². The molecule has 16 heavy (non-hydrogen) atoms. The monoisotopic (exact) mass is 236 g/mol. The molecule has 1 aromatic heterocycles. The maximum absolute atomic E-state index is 10.8. The first-order valence-electron chi connectivity index (χ1n) is 4.76. The molecule has 84 valence electrons. The minimum absolute atomic E-state index is 0.0565. The Morgan fingerprint density at radius 2 is 2.00 bits per heavy atom. The van der Waals surface area contributed by atoms with E-state index < -0.39 is 11.1 Å². The molecule has 0 fully saturated rings. The molecule has 1 unspecified atom stereocenters. The van der Waals surface area contributed by atoms with E-state index in [0.717, 1.165) is 5.69 Å². The van der Waals surface area contributed by atoms with Crippen LogP contribution in [0, 0.1) is 0 Å². The van der Waals surface area contributed by atoms with Gasteiger partial charge in [0.05, 0.1) is 5.75 Å². The highest BCUT2D eigenvalue weighted by molar-refractivity contribution is 7.78. The van der Waals surface area contributed by atoms with Gasteiger partial charge >= 0.3 is 0 Å². The fraction of sp³-hybridized carbons (Fsp3) is 0.0909. The van der Waals surface area contributed by atoms with Gasteiger partial charge in [-0.1, -0.05) is 0 Å². The number of nitrogen functional groups attached to an aromatic ring is 1. The summed E-state index contributed by atoms with van der Waals surface area (Å²) in [7, 11) is 0. The van der Waals surface area contributed by atoms with Crippen molar-refractivity contribution in [2.75, 3.05) is 5.73 Å². The van der Waals surface area contributed by atoms with Crippen LogP contribution in [0.15, 0.2) is 42.7 Å². The number of hydrogen-bond donors (Lipinski definition) is 2. The normalized spacial score (nSPS) is 12.6. The molecular weight excluding hydrogens is 224 g/mol. The highest BCUT2D eigenvalue weighted by Crippen LogP contribution is 2.18. The van der Waals surface area contributed by atoms with E-state index in [1.165, 1.54) is 0 Å². The second-order valence-electron chi connectivity index (χ2n) is 3.44. The van der Waals surface area contributed by atoms with Crippen LogP contribution in [-0.4, -0.2) is 13.3 Å².